The number of benzene rings is 2. The van der Waals surface area contributed by atoms with Crippen molar-refractivity contribution in [3.05, 3.63) is 112 Å². The van der Waals surface area contributed by atoms with E-state index in [1.807, 2.05) is 38.2 Å². The standard InChI is InChI=1S/C30H25N9O2/c1-18-7-4-9-22(15-18)39-27(19(2)34-29(40)25-26(31)36-38-14-6-13-32-28(25)38)35-23-10-5-8-21(24(23)30(39)41)12-11-20-16-33-37(3)17-20/h4-10,13-17,19H,1-3H3,(H2,31,36)(H,34,40)/t19-/m1/s1. The van der Waals surface area contributed by atoms with Gasteiger partial charge in [-0.05, 0) is 49.7 Å². The monoisotopic (exact) mass is 543 g/mol. The highest BCUT2D eigenvalue weighted by Crippen LogP contribution is 2.22. The van der Waals surface area contributed by atoms with Crippen LogP contribution in [0.5, 0.6) is 0 Å². The van der Waals surface area contributed by atoms with Crippen LogP contribution in [-0.4, -0.2) is 39.8 Å². The molecular formula is C30H25N9O2. The number of nitrogens with two attached hydrogens (primary N) is 1. The molecular weight excluding hydrogens is 518 g/mol. The third-order valence-electron chi connectivity index (χ3n) is 6.61. The minimum absolute atomic E-state index is 0.0489. The van der Waals surface area contributed by atoms with Gasteiger partial charge in [0.15, 0.2) is 11.5 Å². The number of aryl methyl sites for hydroxylation is 2. The molecule has 2 aromatic carbocycles. The van der Waals surface area contributed by atoms with Crippen LogP contribution in [0.25, 0.3) is 22.2 Å². The lowest BCUT2D eigenvalue weighted by molar-refractivity contribution is 0.0940. The van der Waals surface area contributed by atoms with Gasteiger partial charge in [0.1, 0.15) is 11.4 Å². The predicted molar refractivity (Wildman–Crippen MR) is 155 cm³/mol. The lowest BCUT2D eigenvalue weighted by Crippen LogP contribution is -2.33. The number of carbonyl (C=O) groups is 1. The summed E-state index contributed by atoms with van der Waals surface area (Å²) in [6, 6.07) is 13.9. The van der Waals surface area contributed by atoms with Crippen molar-refractivity contribution in [2.45, 2.75) is 19.9 Å². The van der Waals surface area contributed by atoms with Crippen molar-refractivity contribution in [1.82, 2.24) is 39.2 Å². The van der Waals surface area contributed by atoms with Gasteiger partial charge in [0, 0.05) is 31.2 Å². The number of carbonyl (C=O) groups excluding carboxylic acids is 1. The van der Waals surface area contributed by atoms with E-state index in [1.165, 1.54) is 9.08 Å². The van der Waals surface area contributed by atoms with Crippen LogP contribution in [0.3, 0.4) is 0 Å². The fourth-order valence-corrected chi connectivity index (χ4v) is 4.74. The quantitative estimate of drug-likeness (QED) is 0.326. The van der Waals surface area contributed by atoms with E-state index in [0.717, 1.165) is 11.1 Å². The summed E-state index contributed by atoms with van der Waals surface area (Å²) in [5.41, 5.74) is 9.56. The minimum Gasteiger partial charge on any atom is -0.381 e. The average molecular weight is 544 g/mol. The number of hydrogen-bond acceptors (Lipinski definition) is 7. The summed E-state index contributed by atoms with van der Waals surface area (Å²) in [7, 11) is 1.81. The number of nitrogen functional groups attached to an aromatic ring is 1. The van der Waals surface area contributed by atoms with Crippen LogP contribution in [-0.2, 0) is 7.05 Å². The second-order valence-corrected chi connectivity index (χ2v) is 9.65. The second kappa shape index (κ2) is 10.1. The molecule has 0 spiro atoms. The van der Waals surface area contributed by atoms with E-state index in [1.54, 1.807) is 60.7 Å². The Kier molecular flexibility index (Phi) is 6.28. The van der Waals surface area contributed by atoms with Crippen LogP contribution in [0.15, 0.2) is 78.1 Å². The zero-order valence-electron chi connectivity index (χ0n) is 22.5. The van der Waals surface area contributed by atoms with Crippen molar-refractivity contribution in [3.63, 3.8) is 0 Å². The van der Waals surface area contributed by atoms with Gasteiger partial charge in [0.05, 0.1) is 34.4 Å². The van der Waals surface area contributed by atoms with Gasteiger partial charge in [-0.1, -0.05) is 30.0 Å². The van der Waals surface area contributed by atoms with Gasteiger partial charge < -0.3 is 11.1 Å². The molecule has 0 fully saturated rings. The summed E-state index contributed by atoms with van der Waals surface area (Å²) in [5.74, 6) is 6.11. The maximum Gasteiger partial charge on any atom is 0.267 e. The summed E-state index contributed by atoms with van der Waals surface area (Å²) < 4.78 is 4.63. The highest BCUT2D eigenvalue weighted by Gasteiger charge is 2.25. The molecule has 0 aliphatic rings. The Bertz CT molecular complexity index is 2090. The minimum atomic E-state index is -0.691. The number of aromatic nitrogens is 7. The maximum atomic E-state index is 14.2. The van der Waals surface area contributed by atoms with Gasteiger partial charge in [-0.25, -0.2) is 14.5 Å². The molecule has 0 radical (unpaired) electrons. The highest BCUT2D eigenvalue weighted by atomic mass is 16.2. The van der Waals surface area contributed by atoms with Crippen LogP contribution in [0.4, 0.5) is 5.82 Å². The Hall–Kier alpha value is -5.76. The van der Waals surface area contributed by atoms with Crippen molar-refractivity contribution in [3.8, 4) is 17.5 Å². The first kappa shape index (κ1) is 25.5. The molecule has 4 heterocycles. The Balaban J connectivity index is 1.49. The lowest BCUT2D eigenvalue weighted by Gasteiger charge is -2.20. The summed E-state index contributed by atoms with van der Waals surface area (Å²) in [6.07, 6.45) is 6.69. The normalized spacial score (nSPS) is 11.8. The average Bonchev–Trinajstić information content (AvgIpc) is 3.52. The number of rotatable bonds is 4. The topological polar surface area (TPSA) is 138 Å². The number of nitrogens with one attached hydrogen (secondary N) is 1. The molecule has 0 bridgehead atoms. The molecule has 0 unspecified atom stereocenters. The molecule has 0 aliphatic carbocycles. The van der Waals surface area contributed by atoms with Crippen molar-refractivity contribution in [2.24, 2.45) is 7.05 Å². The third-order valence-corrected chi connectivity index (χ3v) is 6.61. The van der Waals surface area contributed by atoms with Gasteiger partial charge in [0.2, 0.25) is 0 Å². The molecule has 4 aromatic heterocycles. The Labute approximate surface area is 234 Å². The van der Waals surface area contributed by atoms with Crippen molar-refractivity contribution >= 4 is 28.3 Å². The van der Waals surface area contributed by atoms with Crippen LogP contribution in [0.2, 0.25) is 0 Å². The fraction of sp³-hybridized carbons (Fsp3) is 0.133. The highest BCUT2D eigenvalue weighted by molar-refractivity contribution is 6.04. The van der Waals surface area contributed by atoms with E-state index in [4.69, 9.17) is 10.7 Å². The Morgan fingerprint density at radius 1 is 1.12 bits per heavy atom. The smallest absolute Gasteiger partial charge is 0.267 e. The largest absolute Gasteiger partial charge is 0.381 e. The van der Waals surface area contributed by atoms with Crippen LogP contribution < -0.4 is 16.6 Å². The first-order valence-electron chi connectivity index (χ1n) is 12.8. The predicted octanol–water partition coefficient (Wildman–Crippen LogP) is 2.94. The SMILES string of the molecule is Cc1cccc(-n2c([C@@H](C)NC(=O)c3c(N)nn4cccnc34)nc3cccc(C#Cc4cnn(C)c4)c3c2=O)c1. The van der Waals surface area contributed by atoms with E-state index in [0.29, 0.717) is 33.6 Å². The van der Waals surface area contributed by atoms with Gasteiger partial charge in [-0.15, -0.1) is 5.10 Å². The molecule has 0 aliphatic heterocycles. The van der Waals surface area contributed by atoms with Crippen molar-refractivity contribution in [1.29, 1.82) is 0 Å². The van der Waals surface area contributed by atoms with Gasteiger partial charge in [-0.2, -0.15) is 5.10 Å². The zero-order chi connectivity index (χ0) is 28.7. The van der Waals surface area contributed by atoms with Gasteiger partial charge >= 0.3 is 0 Å². The fourth-order valence-electron chi connectivity index (χ4n) is 4.74. The molecule has 6 rings (SSSR count). The van der Waals surface area contributed by atoms with E-state index in [-0.39, 0.29) is 16.9 Å². The summed E-state index contributed by atoms with van der Waals surface area (Å²) in [4.78, 5) is 36.8. The molecule has 11 heteroatoms. The molecule has 6 aromatic rings. The first-order chi connectivity index (χ1) is 19.8. The van der Waals surface area contributed by atoms with E-state index in [2.05, 4.69) is 32.3 Å². The van der Waals surface area contributed by atoms with E-state index in [9.17, 15) is 9.59 Å². The number of hydrogen-bond donors (Lipinski definition) is 2. The first-order valence-corrected chi connectivity index (χ1v) is 12.8. The lowest BCUT2D eigenvalue weighted by atomic mass is 10.1. The third kappa shape index (κ3) is 4.68. The maximum absolute atomic E-state index is 14.2. The number of nitrogens with zero attached hydrogens (tertiary/aromatic N) is 7. The summed E-state index contributed by atoms with van der Waals surface area (Å²) >= 11 is 0. The van der Waals surface area contributed by atoms with Crippen LogP contribution in [0, 0.1) is 18.8 Å². The van der Waals surface area contributed by atoms with Gasteiger partial charge in [-0.3, -0.25) is 18.8 Å². The summed E-state index contributed by atoms with van der Waals surface area (Å²) in [5, 5.41) is 11.6. The van der Waals surface area contributed by atoms with Crippen molar-refractivity contribution in [2.75, 3.05) is 5.73 Å². The zero-order valence-corrected chi connectivity index (χ0v) is 22.5. The van der Waals surface area contributed by atoms with E-state index < -0.39 is 11.9 Å². The number of amides is 1. The number of anilines is 1. The molecule has 1 amide bonds. The number of fused-ring (bicyclic) bond motifs is 2. The molecule has 0 saturated heterocycles. The Morgan fingerprint density at radius 3 is 2.73 bits per heavy atom. The molecule has 0 saturated carbocycles. The molecule has 41 heavy (non-hydrogen) atoms. The van der Waals surface area contributed by atoms with Crippen LogP contribution in [0.1, 0.15) is 45.8 Å². The van der Waals surface area contributed by atoms with Crippen LogP contribution >= 0.6 is 0 Å². The molecule has 11 nitrogen and oxygen atoms in total. The van der Waals surface area contributed by atoms with Gasteiger partial charge in [0.25, 0.3) is 11.5 Å². The summed E-state index contributed by atoms with van der Waals surface area (Å²) in [6.45, 7) is 3.71. The Morgan fingerprint density at radius 2 is 1.95 bits per heavy atom. The molecule has 3 N–H and O–H groups in total. The van der Waals surface area contributed by atoms with Crippen molar-refractivity contribution < 1.29 is 4.79 Å². The van der Waals surface area contributed by atoms with E-state index >= 15 is 0 Å². The molecule has 202 valence electrons. The molecule has 1 atom stereocenters. The second-order valence-electron chi connectivity index (χ2n) is 9.65.